The van der Waals surface area contributed by atoms with Crippen LogP contribution in [0.1, 0.15) is 25.7 Å². The molecular weight excluding hydrogens is 198 g/mol. The Morgan fingerprint density at radius 1 is 1.27 bits per heavy atom. The molecule has 0 fully saturated rings. The largest absolute Gasteiger partial charge is 0.469 e. The van der Waals surface area contributed by atoms with Crippen molar-refractivity contribution in [1.82, 2.24) is 4.90 Å². The smallest absolute Gasteiger partial charge is 0.305 e. The first kappa shape index (κ1) is 13.9. The van der Waals surface area contributed by atoms with Crippen LogP contribution in [0.25, 0.3) is 0 Å². The number of rotatable bonds is 7. The summed E-state index contributed by atoms with van der Waals surface area (Å²) in [6.07, 6.45) is 1.77. The second kappa shape index (κ2) is 8.23. The number of carbonyl (C=O) groups excluding carboxylic acids is 2. The zero-order valence-corrected chi connectivity index (χ0v) is 9.36. The molecule has 0 unspecified atom stereocenters. The highest BCUT2D eigenvalue weighted by Crippen LogP contribution is 1.99. The third kappa shape index (κ3) is 6.90. The van der Waals surface area contributed by atoms with Gasteiger partial charge < -0.3 is 14.7 Å². The number of ether oxygens (including phenoxy) is 1. The maximum Gasteiger partial charge on any atom is 0.305 e. The molecule has 0 rings (SSSR count). The number of aliphatic hydroxyl groups excluding tert-OH is 1. The summed E-state index contributed by atoms with van der Waals surface area (Å²) in [5.74, 6) is -0.264. The van der Waals surface area contributed by atoms with Crippen molar-refractivity contribution in [3.05, 3.63) is 0 Å². The van der Waals surface area contributed by atoms with Crippen molar-refractivity contribution in [2.75, 3.05) is 27.3 Å². The number of nitrogens with zero attached hydrogens (tertiary/aromatic N) is 1. The minimum Gasteiger partial charge on any atom is -0.469 e. The molecule has 1 amide bonds. The van der Waals surface area contributed by atoms with E-state index in [9.17, 15) is 9.59 Å². The van der Waals surface area contributed by atoms with Crippen LogP contribution in [0.15, 0.2) is 0 Å². The lowest BCUT2D eigenvalue weighted by Crippen LogP contribution is -2.28. The lowest BCUT2D eigenvalue weighted by atomic mass is 10.2. The van der Waals surface area contributed by atoms with Crippen LogP contribution in [-0.4, -0.2) is 49.2 Å². The van der Waals surface area contributed by atoms with E-state index < -0.39 is 0 Å². The van der Waals surface area contributed by atoms with Gasteiger partial charge in [0.25, 0.3) is 0 Å². The van der Waals surface area contributed by atoms with Gasteiger partial charge >= 0.3 is 5.97 Å². The minimum absolute atomic E-state index is 0.00563. The number of amides is 1. The standard InChI is InChI=1S/C10H19NO4/c1-11(9(13)5-4-8-12)7-3-6-10(14)15-2/h12H,3-8H2,1-2H3. The molecular formula is C10H19NO4. The van der Waals surface area contributed by atoms with E-state index in [1.54, 1.807) is 11.9 Å². The average Bonchev–Trinajstić information content (AvgIpc) is 2.25. The Morgan fingerprint density at radius 2 is 1.93 bits per heavy atom. The van der Waals surface area contributed by atoms with Crippen molar-refractivity contribution in [2.45, 2.75) is 25.7 Å². The fraction of sp³-hybridized carbons (Fsp3) is 0.800. The van der Waals surface area contributed by atoms with Gasteiger partial charge in [-0.25, -0.2) is 0 Å². The first-order valence-corrected chi connectivity index (χ1v) is 5.03. The molecule has 0 aliphatic rings. The number of aliphatic hydroxyl groups is 1. The van der Waals surface area contributed by atoms with Crippen LogP contribution < -0.4 is 0 Å². The van der Waals surface area contributed by atoms with Gasteiger partial charge in [-0.15, -0.1) is 0 Å². The molecule has 0 aliphatic heterocycles. The monoisotopic (exact) mass is 217 g/mol. The molecule has 0 aromatic heterocycles. The molecule has 88 valence electrons. The topological polar surface area (TPSA) is 66.8 Å². The normalized spacial score (nSPS) is 9.80. The lowest BCUT2D eigenvalue weighted by molar-refractivity contribution is -0.141. The zero-order chi connectivity index (χ0) is 11.7. The van der Waals surface area contributed by atoms with Crippen molar-refractivity contribution in [3.63, 3.8) is 0 Å². The van der Waals surface area contributed by atoms with Crippen molar-refractivity contribution >= 4 is 11.9 Å². The second-order valence-corrected chi connectivity index (χ2v) is 3.32. The molecule has 0 atom stereocenters. The Balaban J connectivity index is 3.59. The summed E-state index contributed by atoms with van der Waals surface area (Å²) < 4.78 is 4.48. The molecule has 0 aliphatic carbocycles. The van der Waals surface area contributed by atoms with Crippen LogP contribution in [0.5, 0.6) is 0 Å². The summed E-state index contributed by atoms with van der Waals surface area (Å²) in [6.45, 7) is 0.571. The Kier molecular flexibility index (Phi) is 7.62. The van der Waals surface area contributed by atoms with Crippen molar-refractivity contribution in [2.24, 2.45) is 0 Å². The van der Waals surface area contributed by atoms with Crippen LogP contribution in [0.2, 0.25) is 0 Å². The van der Waals surface area contributed by atoms with Gasteiger partial charge in [0.15, 0.2) is 0 Å². The van der Waals surface area contributed by atoms with Crippen LogP contribution >= 0.6 is 0 Å². The molecule has 15 heavy (non-hydrogen) atoms. The van der Waals surface area contributed by atoms with E-state index in [1.165, 1.54) is 7.11 Å². The molecule has 0 spiro atoms. The average molecular weight is 217 g/mol. The van der Waals surface area contributed by atoms with Crippen LogP contribution in [0.3, 0.4) is 0 Å². The number of hydrogen-bond donors (Lipinski definition) is 1. The van der Waals surface area contributed by atoms with Gasteiger partial charge in [-0.3, -0.25) is 9.59 Å². The second-order valence-electron chi connectivity index (χ2n) is 3.32. The highest BCUT2D eigenvalue weighted by atomic mass is 16.5. The number of carbonyl (C=O) groups is 2. The predicted octanol–water partition coefficient (Wildman–Crippen LogP) is 0.170. The number of methoxy groups -OCH3 is 1. The minimum atomic E-state index is -0.258. The fourth-order valence-electron chi connectivity index (χ4n) is 1.11. The highest BCUT2D eigenvalue weighted by Gasteiger charge is 2.08. The van der Waals surface area contributed by atoms with E-state index in [1.807, 2.05) is 0 Å². The molecule has 0 saturated carbocycles. The maximum absolute atomic E-state index is 11.3. The third-order valence-electron chi connectivity index (χ3n) is 2.08. The maximum atomic E-state index is 11.3. The summed E-state index contributed by atoms with van der Waals surface area (Å²) in [5, 5.41) is 8.55. The molecule has 0 heterocycles. The number of esters is 1. The number of hydrogen-bond acceptors (Lipinski definition) is 4. The molecule has 0 saturated heterocycles. The molecule has 0 aromatic carbocycles. The Hall–Kier alpha value is -1.10. The van der Waals surface area contributed by atoms with Gasteiger partial charge in [-0.1, -0.05) is 0 Å². The van der Waals surface area contributed by atoms with E-state index in [-0.39, 0.29) is 18.5 Å². The summed E-state index contributed by atoms with van der Waals surface area (Å²) in [5.41, 5.74) is 0. The Labute approximate surface area is 90.0 Å². The van der Waals surface area contributed by atoms with Crippen LogP contribution in [-0.2, 0) is 14.3 Å². The van der Waals surface area contributed by atoms with Gasteiger partial charge in [0.1, 0.15) is 0 Å². The molecule has 0 bridgehead atoms. The summed E-state index contributed by atoms with van der Waals surface area (Å²) in [6, 6.07) is 0. The quantitative estimate of drug-likeness (QED) is 0.617. The van der Waals surface area contributed by atoms with Gasteiger partial charge in [-0.2, -0.15) is 0 Å². The van der Waals surface area contributed by atoms with E-state index in [4.69, 9.17) is 5.11 Å². The Bertz CT molecular complexity index is 206. The van der Waals surface area contributed by atoms with Crippen molar-refractivity contribution in [1.29, 1.82) is 0 Å². The molecule has 5 nitrogen and oxygen atoms in total. The van der Waals surface area contributed by atoms with Crippen LogP contribution in [0, 0.1) is 0 Å². The highest BCUT2D eigenvalue weighted by molar-refractivity contribution is 5.75. The molecule has 5 heteroatoms. The van der Waals surface area contributed by atoms with Gasteiger partial charge in [0, 0.05) is 33.0 Å². The first-order chi connectivity index (χ1) is 7.11. The van der Waals surface area contributed by atoms with E-state index >= 15 is 0 Å². The molecule has 1 N–H and O–H groups in total. The summed E-state index contributed by atoms with van der Waals surface area (Å²) in [7, 11) is 3.04. The van der Waals surface area contributed by atoms with E-state index in [0.717, 1.165) is 0 Å². The van der Waals surface area contributed by atoms with Crippen molar-refractivity contribution < 1.29 is 19.4 Å². The Morgan fingerprint density at radius 3 is 2.47 bits per heavy atom. The first-order valence-electron chi connectivity index (χ1n) is 5.03. The SMILES string of the molecule is COC(=O)CCCN(C)C(=O)CCCO. The predicted molar refractivity (Wildman–Crippen MR) is 55.2 cm³/mol. The fourth-order valence-corrected chi connectivity index (χ4v) is 1.11. The van der Waals surface area contributed by atoms with Gasteiger partial charge in [0.05, 0.1) is 7.11 Å². The summed E-state index contributed by atoms with van der Waals surface area (Å²) >= 11 is 0. The van der Waals surface area contributed by atoms with Gasteiger partial charge in [-0.05, 0) is 12.8 Å². The van der Waals surface area contributed by atoms with E-state index in [0.29, 0.717) is 32.2 Å². The zero-order valence-electron chi connectivity index (χ0n) is 9.36. The molecule has 0 radical (unpaired) electrons. The van der Waals surface area contributed by atoms with E-state index in [2.05, 4.69) is 4.74 Å². The lowest BCUT2D eigenvalue weighted by Gasteiger charge is -2.16. The summed E-state index contributed by atoms with van der Waals surface area (Å²) in [4.78, 5) is 23.7. The van der Waals surface area contributed by atoms with Crippen LogP contribution in [0.4, 0.5) is 0 Å². The van der Waals surface area contributed by atoms with Gasteiger partial charge in [0.2, 0.25) is 5.91 Å². The molecule has 0 aromatic rings. The third-order valence-corrected chi connectivity index (χ3v) is 2.08. The van der Waals surface area contributed by atoms with Crippen molar-refractivity contribution in [3.8, 4) is 0 Å².